The number of anilines is 1. The minimum atomic E-state index is -4.81. The summed E-state index contributed by atoms with van der Waals surface area (Å²) in [4.78, 5) is 20.8. The van der Waals surface area contributed by atoms with Crippen LogP contribution in [0.1, 0.15) is 54.5 Å². The van der Waals surface area contributed by atoms with Gasteiger partial charge in [0, 0.05) is 23.4 Å². The van der Waals surface area contributed by atoms with E-state index in [1.165, 1.54) is 35.5 Å². The fraction of sp³-hybridized carbons (Fsp3) is 0.364. The molecule has 4 rings (SSSR count). The van der Waals surface area contributed by atoms with Crippen LogP contribution in [0.3, 0.4) is 0 Å². The van der Waals surface area contributed by atoms with E-state index in [1.807, 2.05) is 13.1 Å². The number of carbonyl (C=O) groups is 1. The number of ketones is 1. The standard InChI is InChI=1S/C22H23F3N6O2/c1-11-7-14(27-8-11)4-6-16-18(12(2)32)20(26)31-21(30-16)15(10-29-31)13-3-5-17(28-9-13)19(33)22(23,24)25/h3,5,8-10,14,19,27,33H,4,6-7,26H2,1-2H3/t14-,19?/m0/s1. The number of hydrogen-bond acceptors (Lipinski definition) is 7. The van der Waals surface area contributed by atoms with Gasteiger partial charge in [0.2, 0.25) is 0 Å². The van der Waals surface area contributed by atoms with Gasteiger partial charge in [-0.15, -0.1) is 0 Å². The van der Waals surface area contributed by atoms with Gasteiger partial charge in [-0.25, -0.2) is 4.98 Å². The number of fused-ring (bicyclic) bond motifs is 1. The maximum atomic E-state index is 12.8. The van der Waals surface area contributed by atoms with Crippen LogP contribution in [0.4, 0.5) is 19.0 Å². The molecule has 1 unspecified atom stereocenters. The van der Waals surface area contributed by atoms with Gasteiger partial charge in [-0.05, 0) is 45.4 Å². The van der Waals surface area contributed by atoms with E-state index in [-0.39, 0.29) is 17.6 Å². The van der Waals surface area contributed by atoms with E-state index in [1.54, 1.807) is 0 Å². The Morgan fingerprint density at radius 1 is 1.36 bits per heavy atom. The van der Waals surface area contributed by atoms with E-state index in [0.29, 0.717) is 34.5 Å². The monoisotopic (exact) mass is 460 g/mol. The summed E-state index contributed by atoms with van der Waals surface area (Å²) in [6.45, 7) is 3.46. The topological polar surface area (TPSA) is 118 Å². The van der Waals surface area contributed by atoms with Crippen LogP contribution in [0.25, 0.3) is 16.8 Å². The molecule has 0 amide bonds. The fourth-order valence-electron chi connectivity index (χ4n) is 3.99. The van der Waals surface area contributed by atoms with Crippen molar-refractivity contribution in [2.24, 2.45) is 0 Å². The van der Waals surface area contributed by atoms with Crippen LogP contribution in [0.2, 0.25) is 0 Å². The van der Waals surface area contributed by atoms with Crippen molar-refractivity contribution >= 4 is 17.2 Å². The molecule has 3 aromatic heterocycles. The number of hydrogen-bond donors (Lipinski definition) is 3. The minimum Gasteiger partial charge on any atom is -0.388 e. The molecule has 8 nitrogen and oxygen atoms in total. The van der Waals surface area contributed by atoms with Gasteiger partial charge in [0.05, 0.1) is 23.1 Å². The normalized spacial score (nSPS) is 17.2. The second kappa shape index (κ2) is 8.47. The van der Waals surface area contributed by atoms with Crippen molar-refractivity contribution in [3.8, 4) is 11.1 Å². The van der Waals surface area contributed by atoms with Crippen molar-refractivity contribution in [2.75, 3.05) is 5.73 Å². The molecular formula is C22H23F3N6O2. The second-order valence-corrected chi connectivity index (χ2v) is 8.18. The number of nitrogens with one attached hydrogen (secondary N) is 1. The molecular weight excluding hydrogens is 437 g/mol. The molecule has 2 atom stereocenters. The minimum absolute atomic E-state index is 0.152. The molecule has 0 saturated carbocycles. The summed E-state index contributed by atoms with van der Waals surface area (Å²) in [5.74, 6) is -0.0747. The number of rotatable bonds is 6. The summed E-state index contributed by atoms with van der Waals surface area (Å²) in [5.41, 5.74) is 9.17. The zero-order chi connectivity index (χ0) is 23.9. The summed E-state index contributed by atoms with van der Waals surface area (Å²) in [5, 5.41) is 16.9. The van der Waals surface area contributed by atoms with Crippen molar-refractivity contribution in [2.45, 2.75) is 51.4 Å². The van der Waals surface area contributed by atoms with Gasteiger partial charge >= 0.3 is 6.18 Å². The van der Waals surface area contributed by atoms with Crippen LogP contribution in [0.15, 0.2) is 36.3 Å². The number of alkyl halides is 3. The van der Waals surface area contributed by atoms with E-state index in [4.69, 9.17) is 5.73 Å². The number of aliphatic hydroxyl groups is 1. The van der Waals surface area contributed by atoms with Crippen molar-refractivity contribution in [3.05, 3.63) is 53.3 Å². The number of nitrogens with zero attached hydrogens (tertiary/aromatic N) is 4. The molecule has 0 aromatic carbocycles. The van der Waals surface area contributed by atoms with Crippen molar-refractivity contribution in [1.82, 2.24) is 24.9 Å². The molecule has 11 heteroatoms. The summed E-state index contributed by atoms with van der Waals surface area (Å²) in [7, 11) is 0. The first-order chi connectivity index (χ1) is 15.6. The molecule has 0 saturated heterocycles. The van der Waals surface area contributed by atoms with Crippen LogP contribution in [-0.2, 0) is 6.42 Å². The Bertz CT molecular complexity index is 1230. The molecule has 0 spiro atoms. The molecule has 4 N–H and O–H groups in total. The Kier molecular flexibility index (Phi) is 5.83. The third-order valence-corrected chi connectivity index (χ3v) is 5.66. The van der Waals surface area contributed by atoms with E-state index in [0.717, 1.165) is 18.9 Å². The number of aromatic nitrogens is 4. The van der Waals surface area contributed by atoms with Gasteiger partial charge in [0.1, 0.15) is 5.82 Å². The van der Waals surface area contributed by atoms with Crippen LogP contribution in [-0.4, -0.2) is 42.7 Å². The number of pyridine rings is 1. The number of carbonyl (C=O) groups excluding carboxylic acids is 1. The van der Waals surface area contributed by atoms with Gasteiger partial charge in [0.15, 0.2) is 17.5 Å². The highest BCUT2D eigenvalue weighted by Gasteiger charge is 2.40. The lowest BCUT2D eigenvalue weighted by Gasteiger charge is -2.15. The third kappa shape index (κ3) is 4.40. The molecule has 4 heterocycles. The first-order valence-electron chi connectivity index (χ1n) is 10.4. The van der Waals surface area contributed by atoms with E-state index in [9.17, 15) is 23.1 Å². The second-order valence-electron chi connectivity index (χ2n) is 8.18. The molecule has 0 radical (unpaired) electrons. The molecule has 0 bridgehead atoms. The van der Waals surface area contributed by atoms with Gasteiger partial charge in [-0.3, -0.25) is 9.78 Å². The van der Waals surface area contributed by atoms with Crippen molar-refractivity contribution in [3.63, 3.8) is 0 Å². The fourth-order valence-corrected chi connectivity index (χ4v) is 3.99. The van der Waals surface area contributed by atoms with Gasteiger partial charge in [0.25, 0.3) is 0 Å². The molecule has 33 heavy (non-hydrogen) atoms. The smallest absolute Gasteiger partial charge is 0.388 e. The Balaban J connectivity index is 1.70. The number of aliphatic hydroxyl groups excluding tert-OH is 1. The molecule has 3 aromatic rings. The lowest BCUT2D eigenvalue weighted by atomic mass is 10.0. The zero-order valence-electron chi connectivity index (χ0n) is 18.0. The van der Waals surface area contributed by atoms with Crippen LogP contribution in [0.5, 0.6) is 0 Å². The van der Waals surface area contributed by atoms with Crippen LogP contribution in [0, 0.1) is 0 Å². The maximum Gasteiger partial charge on any atom is 0.420 e. The van der Waals surface area contributed by atoms with Gasteiger partial charge in [-0.1, -0.05) is 11.6 Å². The van der Waals surface area contributed by atoms with Gasteiger partial charge in [-0.2, -0.15) is 22.8 Å². The first-order valence-corrected chi connectivity index (χ1v) is 10.4. The number of aryl methyl sites for hydroxylation is 1. The SMILES string of the molecule is CC(=O)c1c(CC[C@H]2CC(C)=CN2)nc2c(-c3ccc(C(O)C(F)(F)F)nc3)cnn2c1N. The quantitative estimate of drug-likeness (QED) is 0.483. The average molecular weight is 460 g/mol. The van der Waals surface area contributed by atoms with Crippen molar-refractivity contribution in [1.29, 1.82) is 0 Å². The lowest BCUT2D eigenvalue weighted by molar-refractivity contribution is -0.207. The number of Topliss-reactive ketones (excluding diaryl/α,β-unsaturated/α-hetero) is 1. The molecule has 0 fully saturated rings. The summed E-state index contributed by atoms with van der Waals surface area (Å²) in [6, 6.07) is 2.75. The van der Waals surface area contributed by atoms with Crippen LogP contribution < -0.4 is 11.1 Å². The number of nitrogens with two attached hydrogens (primary N) is 1. The summed E-state index contributed by atoms with van der Waals surface area (Å²) >= 11 is 0. The molecule has 174 valence electrons. The molecule has 1 aliphatic heterocycles. The Labute approximate surface area is 187 Å². The third-order valence-electron chi connectivity index (χ3n) is 5.66. The first kappa shape index (κ1) is 22.7. The van der Waals surface area contributed by atoms with Gasteiger partial charge < -0.3 is 16.2 Å². The predicted molar refractivity (Wildman–Crippen MR) is 115 cm³/mol. The number of nitrogen functional groups attached to an aromatic ring is 1. The largest absolute Gasteiger partial charge is 0.420 e. The zero-order valence-corrected chi connectivity index (χ0v) is 18.0. The highest BCUT2D eigenvalue weighted by Crippen LogP contribution is 2.33. The highest BCUT2D eigenvalue weighted by atomic mass is 19.4. The van der Waals surface area contributed by atoms with Crippen molar-refractivity contribution < 1.29 is 23.1 Å². The summed E-state index contributed by atoms with van der Waals surface area (Å²) < 4.78 is 39.6. The molecule has 1 aliphatic rings. The predicted octanol–water partition coefficient (Wildman–Crippen LogP) is 3.37. The Morgan fingerprint density at radius 2 is 2.12 bits per heavy atom. The lowest BCUT2D eigenvalue weighted by Crippen LogP contribution is -2.21. The highest BCUT2D eigenvalue weighted by molar-refractivity contribution is 6.00. The van der Waals surface area contributed by atoms with E-state index < -0.39 is 18.0 Å². The number of halogens is 3. The van der Waals surface area contributed by atoms with E-state index >= 15 is 0 Å². The maximum absolute atomic E-state index is 12.8. The Hall–Kier alpha value is -3.47. The summed E-state index contributed by atoms with van der Waals surface area (Å²) in [6.07, 6.45) is -0.662. The van der Waals surface area contributed by atoms with E-state index in [2.05, 4.69) is 20.4 Å². The average Bonchev–Trinajstić information content (AvgIpc) is 3.37. The molecule has 0 aliphatic carbocycles. The van der Waals surface area contributed by atoms with Crippen LogP contribution >= 0.6 is 0 Å². The Morgan fingerprint density at radius 3 is 2.70 bits per heavy atom.